The summed E-state index contributed by atoms with van der Waals surface area (Å²) in [5.74, 6) is 0.709. The number of hydrogen-bond donors (Lipinski definition) is 1. The summed E-state index contributed by atoms with van der Waals surface area (Å²) in [5, 5.41) is 15.7. The van der Waals surface area contributed by atoms with Crippen LogP contribution >= 0.6 is 0 Å². The quantitative estimate of drug-likeness (QED) is 0.674. The van der Waals surface area contributed by atoms with E-state index < -0.39 is 6.10 Å². The van der Waals surface area contributed by atoms with Crippen molar-refractivity contribution in [3.8, 4) is 5.75 Å². The molecule has 0 saturated carbocycles. The lowest BCUT2D eigenvalue weighted by Gasteiger charge is -2.15. The zero-order valence-corrected chi connectivity index (χ0v) is 13.8. The van der Waals surface area contributed by atoms with Crippen LogP contribution in [0.5, 0.6) is 5.75 Å². The molecule has 0 saturated heterocycles. The van der Waals surface area contributed by atoms with Crippen molar-refractivity contribution in [1.29, 1.82) is 0 Å². The van der Waals surface area contributed by atoms with Gasteiger partial charge in [0.25, 0.3) is 5.56 Å². The van der Waals surface area contributed by atoms with Gasteiger partial charge in [-0.25, -0.2) is 4.68 Å². The van der Waals surface area contributed by atoms with E-state index in [2.05, 4.69) is 11.7 Å². The van der Waals surface area contributed by atoms with Gasteiger partial charge in [-0.1, -0.05) is 42.5 Å². The summed E-state index contributed by atoms with van der Waals surface area (Å²) in [4.78, 5) is 12.4. The molecule has 1 unspecified atom stereocenters. The van der Waals surface area contributed by atoms with Crippen molar-refractivity contribution in [3.63, 3.8) is 0 Å². The van der Waals surface area contributed by atoms with Gasteiger partial charge in [-0.3, -0.25) is 4.79 Å². The van der Waals surface area contributed by atoms with E-state index in [-0.39, 0.29) is 18.7 Å². The highest BCUT2D eigenvalue weighted by Crippen LogP contribution is 2.19. The molecule has 1 heterocycles. The first-order chi connectivity index (χ1) is 12.2. The molecular formula is C20H20N2O3. The second kappa shape index (κ2) is 7.77. The number of aliphatic hydroxyl groups excluding tert-OH is 1. The fourth-order valence-electron chi connectivity index (χ4n) is 2.66. The van der Waals surface area contributed by atoms with Crippen molar-refractivity contribution in [2.45, 2.75) is 19.1 Å². The van der Waals surface area contributed by atoms with Gasteiger partial charge in [0.1, 0.15) is 18.5 Å². The molecule has 3 rings (SSSR count). The summed E-state index contributed by atoms with van der Waals surface area (Å²) in [7, 11) is 0. The molecule has 0 aliphatic heterocycles. The Labute approximate surface area is 145 Å². The van der Waals surface area contributed by atoms with Crippen LogP contribution in [0.2, 0.25) is 0 Å². The van der Waals surface area contributed by atoms with E-state index in [1.165, 1.54) is 4.68 Å². The van der Waals surface area contributed by atoms with Crippen LogP contribution in [0.25, 0.3) is 10.8 Å². The third-order valence-corrected chi connectivity index (χ3v) is 3.91. The minimum atomic E-state index is -0.844. The van der Waals surface area contributed by atoms with E-state index in [1.807, 2.05) is 42.5 Å². The average molecular weight is 336 g/mol. The Bertz CT molecular complexity index is 933. The van der Waals surface area contributed by atoms with Crippen LogP contribution in [-0.2, 0) is 13.0 Å². The van der Waals surface area contributed by atoms with Crippen molar-refractivity contribution < 1.29 is 9.84 Å². The van der Waals surface area contributed by atoms with Gasteiger partial charge in [-0.05, 0) is 24.1 Å². The third-order valence-electron chi connectivity index (χ3n) is 3.91. The van der Waals surface area contributed by atoms with Gasteiger partial charge in [0.15, 0.2) is 0 Å². The van der Waals surface area contributed by atoms with E-state index in [0.717, 1.165) is 10.9 Å². The van der Waals surface area contributed by atoms with Crippen molar-refractivity contribution in [2.24, 2.45) is 0 Å². The van der Waals surface area contributed by atoms with E-state index >= 15 is 0 Å². The van der Waals surface area contributed by atoms with Gasteiger partial charge in [0, 0.05) is 5.39 Å². The summed E-state index contributed by atoms with van der Waals surface area (Å²) >= 11 is 0. The average Bonchev–Trinajstić information content (AvgIpc) is 2.64. The highest BCUT2D eigenvalue weighted by Gasteiger charge is 2.11. The molecule has 0 fully saturated rings. The number of rotatable bonds is 7. The molecule has 0 aliphatic carbocycles. The van der Waals surface area contributed by atoms with Gasteiger partial charge < -0.3 is 9.84 Å². The topological polar surface area (TPSA) is 64.3 Å². The van der Waals surface area contributed by atoms with Crippen LogP contribution in [-0.4, -0.2) is 27.6 Å². The fourth-order valence-corrected chi connectivity index (χ4v) is 2.66. The molecule has 5 nitrogen and oxygen atoms in total. The number of hydrogen-bond acceptors (Lipinski definition) is 4. The molecule has 2 aromatic carbocycles. The van der Waals surface area contributed by atoms with Crippen LogP contribution in [0.4, 0.5) is 0 Å². The van der Waals surface area contributed by atoms with Crippen molar-refractivity contribution in [3.05, 3.63) is 83.3 Å². The van der Waals surface area contributed by atoms with Gasteiger partial charge in [0.05, 0.1) is 18.1 Å². The molecule has 0 radical (unpaired) electrons. The molecule has 0 bridgehead atoms. The minimum Gasteiger partial charge on any atom is -0.491 e. The van der Waals surface area contributed by atoms with Crippen LogP contribution in [0.3, 0.4) is 0 Å². The van der Waals surface area contributed by atoms with Crippen LogP contribution in [0.1, 0.15) is 5.56 Å². The molecule has 0 aliphatic rings. The standard InChI is InChI=1S/C20H20N2O3/c1-2-7-15-8-4-6-11-19(15)25-14-17(23)13-22-20(24)18-10-5-3-9-16(18)12-21-22/h2-6,8-12,17,23H,1,7,13-14H2. The summed E-state index contributed by atoms with van der Waals surface area (Å²) in [6.07, 6.45) is 3.28. The molecule has 1 aromatic heterocycles. The highest BCUT2D eigenvalue weighted by molar-refractivity contribution is 5.80. The first kappa shape index (κ1) is 16.9. The zero-order chi connectivity index (χ0) is 17.6. The Hall–Kier alpha value is -2.92. The van der Waals surface area contributed by atoms with Gasteiger partial charge in [-0.15, -0.1) is 6.58 Å². The summed E-state index contributed by atoms with van der Waals surface area (Å²) in [6, 6.07) is 14.9. The first-order valence-corrected chi connectivity index (χ1v) is 8.13. The number of aromatic nitrogens is 2. The molecular weight excluding hydrogens is 316 g/mol. The van der Waals surface area contributed by atoms with Crippen molar-refractivity contribution in [1.82, 2.24) is 9.78 Å². The van der Waals surface area contributed by atoms with Crippen LogP contribution in [0, 0.1) is 0 Å². The predicted molar refractivity (Wildman–Crippen MR) is 97.8 cm³/mol. The lowest BCUT2D eigenvalue weighted by Crippen LogP contribution is -2.31. The Morgan fingerprint density at radius 3 is 2.80 bits per heavy atom. The van der Waals surface area contributed by atoms with E-state index in [4.69, 9.17) is 4.74 Å². The molecule has 128 valence electrons. The van der Waals surface area contributed by atoms with Crippen molar-refractivity contribution in [2.75, 3.05) is 6.61 Å². The Morgan fingerprint density at radius 2 is 1.96 bits per heavy atom. The number of fused-ring (bicyclic) bond motifs is 1. The largest absolute Gasteiger partial charge is 0.491 e. The lowest BCUT2D eigenvalue weighted by molar-refractivity contribution is 0.0877. The number of para-hydroxylation sites is 1. The molecule has 1 atom stereocenters. The molecule has 1 N–H and O–H groups in total. The molecule has 3 aromatic rings. The van der Waals surface area contributed by atoms with E-state index in [9.17, 15) is 9.90 Å². The number of benzene rings is 2. The van der Waals surface area contributed by atoms with Gasteiger partial charge >= 0.3 is 0 Å². The molecule has 0 spiro atoms. The fraction of sp³-hybridized carbons (Fsp3) is 0.200. The Kier molecular flexibility index (Phi) is 5.26. The normalized spacial score (nSPS) is 12.0. The van der Waals surface area contributed by atoms with Crippen LogP contribution in [0.15, 0.2) is 72.2 Å². The summed E-state index contributed by atoms with van der Waals surface area (Å²) < 4.78 is 6.98. The minimum absolute atomic E-state index is 0.0767. The summed E-state index contributed by atoms with van der Waals surface area (Å²) in [6.45, 7) is 3.89. The second-order valence-corrected chi connectivity index (χ2v) is 5.78. The summed E-state index contributed by atoms with van der Waals surface area (Å²) in [5.41, 5.74) is 0.787. The van der Waals surface area contributed by atoms with Gasteiger partial charge in [-0.2, -0.15) is 5.10 Å². The Balaban J connectivity index is 1.69. The smallest absolute Gasteiger partial charge is 0.274 e. The van der Waals surface area contributed by atoms with Crippen molar-refractivity contribution >= 4 is 10.8 Å². The second-order valence-electron chi connectivity index (χ2n) is 5.78. The Morgan fingerprint density at radius 1 is 1.20 bits per heavy atom. The molecule has 5 heteroatoms. The van der Waals surface area contributed by atoms with Gasteiger partial charge in [0.2, 0.25) is 0 Å². The lowest BCUT2D eigenvalue weighted by atomic mass is 10.1. The maximum atomic E-state index is 12.4. The first-order valence-electron chi connectivity index (χ1n) is 8.13. The maximum Gasteiger partial charge on any atom is 0.274 e. The number of ether oxygens (including phenoxy) is 1. The van der Waals surface area contributed by atoms with E-state index in [0.29, 0.717) is 17.6 Å². The SMILES string of the molecule is C=CCc1ccccc1OCC(O)Cn1ncc2ccccc2c1=O. The number of nitrogens with zero attached hydrogens (tertiary/aromatic N) is 2. The van der Waals surface area contributed by atoms with Crippen LogP contribution < -0.4 is 10.3 Å². The zero-order valence-electron chi connectivity index (χ0n) is 13.8. The monoisotopic (exact) mass is 336 g/mol. The highest BCUT2D eigenvalue weighted by atomic mass is 16.5. The molecule has 25 heavy (non-hydrogen) atoms. The van der Waals surface area contributed by atoms with E-state index in [1.54, 1.807) is 18.3 Å². The predicted octanol–water partition coefficient (Wildman–Crippen LogP) is 2.56. The molecule has 0 amide bonds. The number of aliphatic hydroxyl groups is 1. The third kappa shape index (κ3) is 3.95. The maximum absolute atomic E-state index is 12.4. The number of allylic oxidation sites excluding steroid dienone is 1.